The molecule has 1 N–H and O–H groups in total. The Labute approximate surface area is 183 Å². The molecule has 1 fully saturated rings. The fourth-order valence-electron chi connectivity index (χ4n) is 3.77. The lowest BCUT2D eigenvalue weighted by Gasteiger charge is -2.31. The van der Waals surface area contributed by atoms with Gasteiger partial charge in [0.15, 0.2) is 0 Å². The van der Waals surface area contributed by atoms with Crippen LogP contribution in [0, 0.1) is 18.7 Å². The molecule has 2 aromatic rings. The van der Waals surface area contributed by atoms with Crippen molar-refractivity contribution in [1.29, 1.82) is 0 Å². The van der Waals surface area contributed by atoms with E-state index in [1.54, 1.807) is 30.3 Å². The van der Waals surface area contributed by atoms with E-state index in [0.29, 0.717) is 25.2 Å². The van der Waals surface area contributed by atoms with Gasteiger partial charge in [0.1, 0.15) is 11.6 Å². The van der Waals surface area contributed by atoms with Gasteiger partial charge in [0.2, 0.25) is 15.9 Å². The second-order valence-corrected chi connectivity index (χ2v) is 9.76. The first-order valence-electron chi connectivity index (χ1n) is 10.5. The summed E-state index contributed by atoms with van der Waals surface area (Å²) in [6.45, 7) is 6.64. The Morgan fingerprint density at radius 3 is 2.42 bits per heavy atom. The first-order valence-corrected chi connectivity index (χ1v) is 12.0. The van der Waals surface area contributed by atoms with Crippen molar-refractivity contribution in [2.75, 3.05) is 19.7 Å². The van der Waals surface area contributed by atoms with Crippen LogP contribution >= 0.6 is 0 Å². The number of sulfonamides is 1. The van der Waals surface area contributed by atoms with Crippen LogP contribution in [0.3, 0.4) is 0 Å². The fraction of sp³-hybridized carbons (Fsp3) is 0.435. The first-order chi connectivity index (χ1) is 14.7. The highest BCUT2D eigenvalue weighted by molar-refractivity contribution is 7.89. The van der Waals surface area contributed by atoms with E-state index in [1.165, 1.54) is 16.4 Å². The van der Waals surface area contributed by atoms with E-state index in [0.717, 1.165) is 11.1 Å². The predicted octanol–water partition coefficient (Wildman–Crippen LogP) is 3.81. The molecule has 31 heavy (non-hydrogen) atoms. The summed E-state index contributed by atoms with van der Waals surface area (Å²) in [4.78, 5) is 12.9. The lowest BCUT2D eigenvalue weighted by molar-refractivity contribution is -0.126. The van der Waals surface area contributed by atoms with Gasteiger partial charge in [-0.15, -0.1) is 0 Å². The third-order valence-corrected chi connectivity index (χ3v) is 7.53. The lowest BCUT2D eigenvalue weighted by Crippen LogP contribution is -2.43. The van der Waals surface area contributed by atoms with E-state index in [4.69, 9.17) is 4.74 Å². The van der Waals surface area contributed by atoms with E-state index in [-0.39, 0.29) is 41.7 Å². The molecule has 2 aromatic carbocycles. The molecule has 1 amide bonds. The Kier molecular flexibility index (Phi) is 7.33. The standard InChI is InChI=1S/C23H29FN2O4S/c1-4-30-22-10-9-21(15-16(22)2)31(28,29)26-13-11-19(12-14-26)23(27)25-17(3)18-5-7-20(24)8-6-18/h5-10,15,17,19H,4,11-14H2,1-3H3,(H,25,27)/t17-/m0/s1. The summed E-state index contributed by atoms with van der Waals surface area (Å²) in [6, 6.07) is 10.7. The van der Waals surface area contributed by atoms with Gasteiger partial charge in [0, 0.05) is 19.0 Å². The molecule has 1 heterocycles. The van der Waals surface area contributed by atoms with Crippen LogP contribution in [0.4, 0.5) is 4.39 Å². The van der Waals surface area contributed by atoms with E-state index in [9.17, 15) is 17.6 Å². The van der Waals surface area contributed by atoms with E-state index >= 15 is 0 Å². The molecule has 1 aliphatic rings. The van der Waals surface area contributed by atoms with Gasteiger partial charge in [-0.3, -0.25) is 4.79 Å². The SMILES string of the molecule is CCOc1ccc(S(=O)(=O)N2CCC(C(=O)N[C@@H](C)c3ccc(F)cc3)CC2)cc1C. The van der Waals surface area contributed by atoms with Gasteiger partial charge in [0.05, 0.1) is 17.5 Å². The van der Waals surface area contributed by atoms with Crippen LogP contribution in [0.1, 0.15) is 43.9 Å². The second kappa shape index (κ2) is 9.78. The predicted molar refractivity (Wildman–Crippen MR) is 117 cm³/mol. The Balaban J connectivity index is 1.59. The van der Waals surface area contributed by atoms with Crippen molar-refractivity contribution in [2.45, 2.75) is 44.6 Å². The number of benzene rings is 2. The Hall–Kier alpha value is -2.45. The van der Waals surface area contributed by atoms with Gasteiger partial charge >= 0.3 is 0 Å². The molecule has 0 bridgehead atoms. The summed E-state index contributed by atoms with van der Waals surface area (Å²) in [5.41, 5.74) is 1.59. The van der Waals surface area contributed by atoms with Gasteiger partial charge in [-0.25, -0.2) is 12.8 Å². The summed E-state index contributed by atoms with van der Waals surface area (Å²) in [5.74, 6) is -0.00659. The van der Waals surface area contributed by atoms with Crippen LogP contribution in [0.15, 0.2) is 47.4 Å². The Morgan fingerprint density at radius 2 is 1.84 bits per heavy atom. The molecule has 0 spiro atoms. The van der Waals surface area contributed by atoms with Crippen LogP contribution in [0.25, 0.3) is 0 Å². The van der Waals surface area contributed by atoms with Crippen LogP contribution in [-0.2, 0) is 14.8 Å². The number of hydrogen-bond donors (Lipinski definition) is 1. The number of nitrogens with zero attached hydrogens (tertiary/aromatic N) is 1. The number of carbonyl (C=O) groups excluding carboxylic acids is 1. The fourth-order valence-corrected chi connectivity index (χ4v) is 5.33. The first kappa shape index (κ1) is 23.2. The number of carbonyl (C=O) groups is 1. The number of piperidine rings is 1. The van der Waals surface area contributed by atoms with E-state index < -0.39 is 10.0 Å². The number of hydrogen-bond acceptors (Lipinski definition) is 4. The summed E-state index contributed by atoms with van der Waals surface area (Å²) in [6.07, 6.45) is 0.911. The topological polar surface area (TPSA) is 75.7 Å². The molecular weight excluding hydrogens is 419 g/mol. The average Bonchev–Trinajstić information content (AvgIpc) is 2.75. The minimum atomic E-state index is -3.62. The van der Waals surface area contributed by atoms with Gasteiger partial charge in [-0.2, -0.15) is 4.31 Å². The molecule has 3 rings (SSSR count). The molecule has 0 aromatic heterocycles. The summed E-state index contributed by atoms with van der Waals surface area (Å²) < 4.78 is 46.1. The summed E-state index contributed by atoms with van der Waals surface area (Å²) in [7, 11) is -3.62. The quantitative estimate of drug-likeness (QED) is 0.699. The zero-order chi connectivity index (χ0) is 22.6. The van der Waals surface area contributed by atoms with E-state index in [2.05, 4.69) is 5.32 Å². The van der Waals surface area contributed by atoms with Crippen molar-refractivity contribution >= 4 is 15.9 Å². The van der Waals surface area contributed by atoms with Crippen LogP contribution in [0.5, 0.6) is 5.75 Å². The molecule has 0 unspecified atom stereocenters. The molecule has 168 valence electrons. The maximum atomic E-state index is 13.1. The van der Waals surface area contributed by atoms with Crippen LogP contribution in [-0.4, -0.2) is 38.3 Å². The Bertz CT molecular complexity index is 1020. The molecular formula is C23H29FN2O4S. The van der Waals surface area contributed by atoms with Crippen molar-refractivity contribution in [3.8, 4) is 5.75 Å². The van der Waals surface area contributed by atoms with Gasteiger partial charge < -0.3 is 10.1 Å². The number of ether oxygens (including phenoxy) is 1. The third kappa shape index (κ3) is 5.43. The molecule has 1 aliphatic heterocycles. The highest BCUT2D eigenvalue weighted by Gasteiger charge is 2.32. The highest BCUT2D eigenvalue weighted by Crippen LogP contribution is 2.28. The van der Waals surface area contributed by atoms with Crippen molar-refractivity contribution < 1.29 is 22.3 Å². The normalized spacial score (nSPS) is 16.6. The van der Waals surface area contributed by atoms with E-state index in [1.807, 2.05) is 20.8 Å². The molecule has 8 heteroatoms. The highest BCUT2D eigenvalue weighted by atomic mass is 32.2. The molecule has 0 saturated carbocycles. The second-order valence-electron chi connectivity index (χ2n) is 7.82. The minimum Gasteiger partial charge on any atom is -0.494 e. The zero-order valence-corrected chi connectivity index (χ0v) is 18.9. The summed E-state index contributed by atoms with van der Waals surface area (Å²) in [5, 5.41) is 2.95. The maximum absolute atomic E-state index is 13.1. The largest absolute Gasteiger partial charge is 0.494 e. The lowest BCUT2D eigenvalue weighted by atomic mass is 9.96. The molecule has 0 radical (unpaired) electrons. The van der Waals surface area contributed by atoms with Crippen molar-refractivity contribution in [2.24, 2.45) is 5.92 Å². The Morgan fingerprint density at radius 1 is 1.19 bits per heavy atom. The maximum Gasteiger partial charge on any atom is 0.243 e. The van der Waals surface area contributed by atoms with Crippen molar-refractivity contribution in [1.82, 2.24) is 9.62 Å². The number of nitrogens with one attached hydrogen (secondary N) is 1. The van der Waals surface area contributed by atoms with Gasteiger partial charge in [-0.1, -0.05) is 12.1 Å². The monoisotopic (exact) mass is 448 g/mol. The minimum absolute atomic E-state index is 0.106. The van der Waals surface area contributed by atoms with Crippen LogP contribution in [0.2, 0.25) is 0 Å². The zero-order valence-electron chi connectivity index (χ0n) is 18.1. The number of amides is 1. The molecule has 1 atom stereocenters. The number of halogens is 1. The third-order valence-electron chi connectivity index (χ3n) is 5.64. The molecule has 0 aliphatic carbocycles. The number of rotatable bonds is 7. The van der Waals surface area contributed by atoms with Crippen molar-refractivity contribution in [3.63, 3.8) is 0 Å². The number of aryl methyl sites for hydroxylation is 1. The van der Waals surface area contributed by atoms with Crippen molar-refractivity contribution in [3.05, 3.63) is 59.4 Å². The van der Waals surface area contributed by atoms with Crippen LogP contribution < -0.4 is 10.1 Å². The summed E-state index contributed by atoms with van der Waals surface area (Å²) >= 11 is 0. The molecule has 6 nitrogen and oxygen atoms in total. The molecule has 1 saturated heterocycles. The van der Waals surface area contributed by atoms with Gasteiger partial charge in [0.25, 0.3) is 0 Å². The average molecular weight is 449 g/mol. The van der Waals surface area contributed by atoms with Gasteiger partial charge in [-0.05, 0) is 75.1 Å². The smallest absolute Gasteiger partial charge is 0.243 e.